The van der Waals surface area contributed by atoms with Crippen LogP contribution in [-0.2, 0) is 19.1 Å². The van der Waals surface area contributed by atoms with Gasteiger partial charge in [-0.05, 0) is 100 Å². The summed E-state index contributed by atoms with van der Waals surface area (Å²) in [5.41, 5.74) is 1.54. The van der Waals surface area contributed by atoms with Gasteiger partial charge in [-0.1, -0.05) is 6.58 Å². The maximum absolute atomic E-state index is 12.9. The number of benzene rings is 2. The zero-order chi connectivity index (χ0) is 31.3. The molecule has 0 saturated carbocycles. The van der Waals surface area contributed by atoms with Gasteiger partial charge < -0.3 is 29.2 Å². The fourth-order valence-corrected chi connectivity index (χ4v) is 3.93. The van der Waals surface area contributed by atoms with Crippen LogP contribution in [0.3, 0.4) is 0 Å². The Labute approximate surface area is 254 Å². The van der Waals surface area contributed by atoms with Gasteiger partial charge in [-0.15, -0.1) is 0 Å². The fraction of sp³-hybridized carbons (Fsp3) is 0.485. The maximum Gasteiger partial charge on any atom is 0.333 e. The van der Waals surface area contributed by atoms with Crippen LogP contribution < -0.4 is 9.47 Å². The Morgan fingerprint density at radius 2 is 1.16 bits per heavy atom. The van der Waals surface area contributed by atoms with E-state index in [1.807, 2.05) is 0 Å². The standard InChI is InChI=1S/C33H45NO9/c1-26(2)33(39)43-23-9-5-8-21-41-30-16-12-28(13-17-30)32(38)27-10-14-29(15-11-27)40-20-6-3-4-7-22-42-31(37)24-34(25-36)18-19-35/h10-17,35-36H,1,3-9,18-25H2,2H3. The number of esters is 2. The molecule has 2 aromatic carbocycles. The Bertz CT molecular complexity index is 1120. The van der Waals surface area contributed by atoms with Gasteiger partial charge in [0.15, 0.2) is 5.78 Å². The summed E-state index contributed by atoms with van der Waals surface area (Å²) in [5.74, 6) is 0.524. The molecule has 2 N–H and O–H groups in total. The van der Waals surface area contributed by atoms with Crippen LogP contribution in [0.5, 0.6) is 11.5 Å². The minimum absolute atomic E-state index is 0.0440. The minimum atomic E-state index is -0.417. The van der Waals surface area contributed by atoms with Crippen molar-refractivity contribution in [1.29, 1.82) is 0 Å². The molecule has 10 nitrogen and oxygen atoms in total. The largest absolute Gasteiger partial charge is 0.494 e. The van der Waals surface area contributed by atoms with Crippen molar-refractivity contribution in [2.45, 2.75) is 51.9 Å². The van der Waals surface area contributed by atoms with Crippen LogP contribution in [0.4, 0.5) is 0 Å². The first-order valence-electron chi connectivity index (χ1n) is 14.8. The van der Waals surface area contributed by atoms with E-state index in [4.69, 9.17) is 29.2 Å². The molecule has 2 rings (SSSR count). The predicted octanol–water partition coefficient (Wildman–Crippen LogP) is 4.31. The molecule has 0 unspecified atom stereocenters. The van der Waals surface area contributed by atoms with E-state index in [-0.39, 0.29) is 38.2 Å². The number of carbonyl (C=O) groups excluding carboxylic acids is 3. The molecule has 0 atom stereocenters. The van der Waals surface area contributed by atoms with E-state index in [2.05, 4.69) is 6.58 Å². The highest BCUT2D eigenvalue weighted by atomic mass is 16.5. The lowest BCUT2D eigenvalue weighted by molar-refractivity contribution is -0.146. The highest BCUT2D eigenvalue weighted by Gasteiger charge is 2.11. The lowest BCUT2D eigenvalue weighted by Gasteiger charge is -2.16. The number of unbranched alkanes of at least 4 members (excludes halogenated alkanes) is 5. The molecule has 0 aliphatic heterocycles. The molecule has 0 aromatic heterocycles. The highest BCUT2D eigenvalue weighted by molar-refractivity contribution is 6.09. The maximum atomic E-state index is 12.9. The zero-order valence-corrected chi connectivity index (χ0v) is 25.1. The van der Waals surface area contributed by atoms with Gasteiger partial charge in [0, 0.05) is 23.2 Å². The van der Waals surface area contributed by atoms with Crippen molar-refractivity contribution in [2.24, 2.45) is 0 Å². The van der Waals surface area contributed by atoms with Gasteiger partial charge in [-0.25, -0.2) is 4.79 Å². The van der Waals surface area contributed by atoms with Crippen LogP contribution in [0.25, 0.3) is 0 Å². The Morgan fingerprint density at radius 1 is 0.698 bits per heavy atom. The Balaban J connectivity index is 1.58. The molecule has 0 fully saturated rings. The van der Waals surface area contributed by atoms with Crippen molar-refractivity contribution in [3.8, 4) is 11.5 Å². The molecule has 0 radical (unpaired) electrons. The van der Waals surface area contributed by atoms with E-state index in [0.717, 1.165) is 44.9 Å². The summed E-state index contributed by atoms with van der Waals surface area (Å²) in [4.78, 5) is 37.3. The van der Waals surface area contributed by atoms with Crippen molar-refractivity contribution in [2.75, 3.05) is 52.9 Å². The molecule has 0 spiro atoms. The van der Waals surface area contributed by atoms with Crippen molar-refractivity contribution in [1.82, 2.24) is 4.90 Å². The molecule has 0 amide bonds. The van der Waals surface area contributed by atoms with Crippen molar-refractivity contribution >= 4 is 17.7 Å². The van der Waals surface area contributed by atoms with Gasteiger partial charge in [0.2, 0.25) is 0 Å². The molecular weight excluding hydrogens is 554 g/mol. The Hall–Kier alpha value is -3.73. The Morgan fingerprint density at radius 3 is 1.63 bits per heavy atom. The Kier molecular flexibility index (Phi) is 17.4. The molecule has 0 bridgehead atoms. The number of rotatable bonds is 23. The highest BCUT2D eigenvalue weighted by Crippen LogP contribution is 2.19. The molecule has 10 heteroatoms. The van der Waals surface area contributed by atoms with E-state index in [1.165, 1.54) is 4.90 Å². The summed E-state index contributed by atoms with van der Waals surface area (Å²) in [6.07, 6.45) is 5.88. The third-order valence-corrected chi connectivity index (χ3v) is 6.41. The molecule has 236 valence electrons. The van der Waals surface area contributed by atoms with Gasteiger partial charge >= 0.3 is 11.9 Å². The quantitative estimate of drug-likeness (QED) is 0.0626. The third-order valence-electron chi connectivity index (χ3n) is 6.41. The second-order valence-corrected chi connectivity index (χ2v) is 10.1. The average molecular weight is 600 g/mol. The minimum Gasteiger partial charge on any atom is -0.494 e. The summed E-state index contributed by atoms with van der Waals surface area (Å²) < 4.78 is 21.8. The number of ketones is 1. The molecule has 43 heavy (non-hydrogen) atoms. The molecule has 0 saturated heterocycles. The lowest BCUT2D eigenvalue weighted by Crippen LogP contribution is -2.34. The van der Waals surface area contributed by atoms with Crippen LogP contribution in [0.1, 0.15) is 67.8 Å². The van der Waals surface area contributed by atoms with Gasteiger partial charge in [0.1, 0.15) is 11.5 Å². The summed E-state index contributed by atoms with van der Waals surface area (Å²) in [5, 5.41) is 18.0. The van der Waals surface area contributed by atoms with Gasteiger partial charge in [0.05, 0.1) is 46.3 Å². The van der Waals surface area contributed by atoms with Crippen molar-refractivity contribution in [3.05, 3.63) is 71.8 Å². The number of hydrogen-bond acceptors (Lipinski definition) is 10. The second-order valence-electron chi connectivity index (χ2n) is 10.1. The van der Waals surface area contributed by atoms with Gasteiger partial charge in [0.25, 0.3) is 0 Å². The van der Waals surface area contributed by atoms with Gasteiger partial charge in [-0.3, -0.25) is 14.5 Å². The summed E-state index contributed by atoms with van der Waals surface area (Å²) in [6.45, 7) is 6.69. The van der Waals surface area contributed by atoms with Crippen LogP contribution in [0.15, 0.2) is 60.7 Å². The summed E-state index contributed by atoms with van der Waals surface area (Å²) in [6, 6.07) is 14.2. The van der Waals surface area contributed by atoms with E-state index in [0.29, 0.717) is 54.6 Å². The zero-order valence-electron chi connectivity index (χ0n) is 25.1. The third kappa shape index (κ3) is 14.8. The monoisotopic (exact) mass is 599 g/mol. The molecule has 0 heterocycles. The average Bonchev–Trinajstić information content (AvgIpc) is 3.01. The summed E-state index contributed by atoms with van der Waals surface area (Å²) in [7, 11) is 0. The van der Waals surface area contributed by atoms with Crippen LogP contribution in [0, 0.1) is 0 Å². The smallest absolute Gasteiger partial charge is 0.333 e. The number of aliphatic hydroxyl groups excluding tert-OH is 2. The number of carbonyl (C=O) groups is 3. The number of hydrogen-bond donors (Lipinski definition) is 2. The molecule has 0 aliphatic rings. The first kappa shape index (κ1) is 35.5. The second kappa shape index (κ2) is 21.0. The van der Waals surface area contributed by atoms with Gasteiger partial charge in [-0.2, -0.15) is 0 Å². The van der Waals surface area contributed by atoms with Crippen LogP contribution in [0.2, 0.25) is 0 Å². The SMILES string of the molecule is C=C(C)C(=O)OCCCCCOc1ccc(C(=O)c2ccc(OCCCCCCOC(=O)CN(CO)CCO)cc2)cc1. The molecular formula is C33H45NO9. The predicted molar refractivity (Wildman–Crippen MR) is 162 cm³/mol. The van der Waals surface area contributed by atoms with E-state index < -0.39 is 5.97 Å². The van der Waals surface area contributed by atoms with Crippen molar-refractivity contribution < 1.29 is 43.5 Å². The molecule has 2 aromatic rings. The number of nitrogens with zero attached hydrogens (tertiary/aromatic N) is 1. The molecule has 0 aliphatic carbocycles. The topological polar surface area (TPSA) is 132 Å². The van der Waals surface area contributed by atoms with Crippen LogP contribution >= 0.6 is 0 Å². The lowest BCUT2D eigenvalue weighted by atomic mass is 10.0. The normalized spacial score (nSPS) is 10.8. The fourth-order valence-electron chi connectivity index (χ4n) is 3.93. The first-order valence-corrected chi connectivity index (χ1v) is 14.8. The number of ether oxygens (including phenoxy) is 4. The van der Waals surface area contributed by atoms with Crippen LogP contribution in [-0.4, -0.2) is 85.7 Å². The first-order chi connectivity index (χ1) is 20.8. The van der Waals surface area contributed by atoms with E-state index >= 15 is 0 Å². The van der Waals surface area contributed by atoms with E-state index in [1.54, 1.807) is 55.5 Å². The van der Waals surface area contributed by atoms with Crippen molar-refractivity contribution in [3.63, 3.8) is 0 Å². The van der Waals surface area contributed by atoms with E-state index in [9.17, 15) is 14.4 Å². The number of aliphatic hydroxyl groups is 2. The summed E-state index contributed by atoms with van der Waals surface area (Å²) >= 11 is 0.